The maximum absolute atomic E-state index is 10.9. The molecule has 0 bridgehead atoms. The van der Waals surface area contributed by atoms with Crippen molar-refractivity contribution in [3.05, 3.63) is 0 Å². The number of nitrogens with two attached hydrogens (primary N) is 1. The van der Waals surface area contributed by atoms with Gasteiger partial charge >= 0.3 is 6.09 Å². The Bertz CT molecular complexity index is 298. The molecule has 2 N–H and O–H groups in total. The van der Waals surface area contributed by atoms with Crippen LogP contribution in [0.2, 0.25) is 0 Å². The van der Waals surface area contributed by atoms with E-state index in [1.165, 1.54) is 45.2 Å². The Labute approximate surface area is 110 Å². The van der Waals surface area contributed by atoms with E-state index in [1.54, 1.807) is 0 Å². The quantitative estimate of drug-likeness (QED) is 0.838. The molecule has 18 heavy (non-hydrogen) atoms. The average Bonchev–Trinajstić information content (AvgIpc) is 2.83. The first-order chi connectivity index (χ1) is 8.48. The minimum absolute atomic E-state index is 0.432. The fourth-order valence-electron chi connectivity index (χ4n) is 3.75. The van der Waals surface area contributed by atoms with Crippen LogP contribution in [0.15, 0.2) is 0 Å². The number of likely N-dealkylation sites (tertiary alicyclic amines) is 1. The molecule has 104 valence electrons. The zero-order chi connectivity index (χ0) is 13.2. The Kier molecular flexibility index (Phi) is 4.15. The van der Waals surface area contributed by atoms with Gasteiger partial charge in [-0.3, -0.25) is 0 Å². The summed E-state index contributed by atoms with van der Waals surface area (Å²) < 4.78 is 5.23. The molecule has 1 aliphatic heterocycles. The minimum atomic E-state index is -0.657. The number of ether oxygens (including phenoxy) is 1. The van der Waals surface area contributed by atoms with E-state index in [2.05, 4.69) is 4.90 Å². The van der Waals surface area contributed by atoms with Gasteiger partial charge in [0.1, 0.15) is 5.60 Å². The van der Waals surface area contributed by atoms with Gasteiger partial charge in [0.25, 0.3) is 0 Å². The molecule has 2 unspecified atom stereocenters. The second kappa shape index (κ2) is 5.47. The standard InChI is InChI=1S/C14H26N2O2/c1-14(2,18-13(15)17)10-11-6-5-7-12(11)16-8-3-4-9-16/h11-12H,3-10H2,1-2H3,(H2,15,17). The normalized spacial score (nSPS) is 29.7. The number of hydrogen-bond donors (Lipinski definition) is 1. The Morgan fingerprint density at radius 3 is 2.56 bits per heavy atom. The van der Waals surface area contributed by atoms with Gasteiger partial charge < -0.3 is 15.4 Å². The molecule has 0 aromatic carbocycles. The molecule has 1 saturated carbocycles. The highest BCUT2D eigenvalue weighted by molar-refractivity contribution is 5.65. The summed E-state index contributed by atoms with van der Waals surface area (Å²) in [6, 6.07) is 0.697. The van der Waals surface area contributed by atoms with Crippen LogP contribution in [0.3, 0.4) is 0 Å². The lowest BCUT2D eigenvalue weighted by atomic mass is 9.89. The van der Waals surface area contributed by atoms with E-state index in [1.807, 2.05) is 13.8 Å². The number of nitrogens with zero attached hydrogens (tertiary/aromatic N) is 1. The molecule has 0 aromatic heterocycles. The van der Waals surface area contributed by atoms with Gasteiger partial charge in [-0.25, -0.2) is 4.79 Å². The van der Waals surface area contributed by atoms with E-state index in [9.17, 15) is 4.79 Å². The summed E-state index contributed by atoms with van der Waals surface area (Å²) in [6.07, 6.45) is 6.81. The van der Waals surface area contributed by atoms with E-state index >= 15 is 0 Å². The van der Waals surface area contributed by atoms with E-state index in [4.69, 9.17) is 10.5 Å². The highest BCUT2D eigenvalue weighted by atomic mass is 16.6. The van der Waals surface area contributed by atoms with Crippen LogP contribution in [0.4, 0.5) is 4.79 Å². The molecule has 1 aliphatic carbocycles. The number of carbonyl (C=O) groups is 1. The SMILES string of the molecule is CC(C)(CC1CCCC1N1CCCC1)OC(N)=O. The summed E-state index contributed by atoms with van der Waals surface area (Å²) in [5, 5.41) is 0. The fourth-order valence-corrected chi connectivity index (χ4v) is 3.75. The van der Waals surface area contributed by atoms with Crippen molar-refractivity contribution in [2.75, 3.05) is 13.1 Å². The van der Waals surface area contributed by atoms with Gasteiger partial charge in [-0.15, -0.1) is 0 Å². The first-order valence-electron chi connectivity index (χ1n) is 7.20. The first kappa shape index (κ1) is 13.7. The molecule has 2 aliphatic rings. The lowest BCUT2D eigenvalue weighted by molar-refractivity contribution is 0.0172. The lowest BCUT2D eigenvalue weighted by Gasteiger charge is -2.34. The van der Waals surface area contributed by atoms with Crippen molar-refractivity contribution < 1.29 is 9.53 Å². The van der Waals surface area contributed by atoms with Crippen molar-refractivity contribution in [1.29, 1.82) is 0 Å². The average molecular weight is 254 g/mol. The van der Waals surface area contributed by atoms with Crippen LogP contribution in [0, 0.1) is 5.92 Å². The number of rotatable bonds is 4. The summed E-state index contributed by atoms with van der Waals surface area (Å²) in [7, 11) is 0. The second-order valence-electron chi connectivity index (χ2n) is 6.39. The highest BCUT2D eigenvalue weighted by Crippen LogP contribution is 2.37. The largest absolute Gasteiger partial charge is 0.444 e. The van der Waals surface area contributed by atoms with Crippen molar-refractivity contribution in [3.63, 3.8) is 0 Å². The maximum Gasteiger partial charge on any atom is 0.405 e. The van der Waals surface area contributed by atoms with Crippen molar-refractivity contribution in [1.82, 2.24) is 4.90 Å². The first-order valence-corrected chi connectivity index (χ1v) is 7.20. The van der Waals surface area contributed by atoms with Gasteiger partial charge in [0.15, 0.2) is 0 Å². The van der Waals surface area contributed by atoms with Crippen LogP contribution in [0.25, 0.3) is 0 Å². The molecule has 1 saturated heterocycles. The van der Waals surface area contributed by atoms with Crippen LogP contribution in [0.5, 0.6) is 0 Å². The third kappa shape index (κ3) is 3.37. The zero-order valence-corrected chi connectivity index (χ0v) is 11.7. The van der Waals surface area contributed by atoms with Crippen molar-refractivity contribution in [3.8, 4) is 0 Å². The van der Waals surface area contributed by atoms with Crippen LogP contribution in [0.1, 0.15) is 52.4 Å². The van der Waals surface area contributed by atoms with Crippen molar-refractivity contribution in [2.24, 2.45) is 11.7 Å². The van der Waals surface area contributed by atoms with Gasteiger partial charge in [-0.1, -0.05) is 6.42 Å². The summed E-state index contributed by atoms with van der Waals surface area (Å²) in [5.74, 6) is 0.650. The summed E-state index contributed by atoms with van der Waals surface area (Å²) in [6.45, 7) is 6.44. The Morgan fingerprint density at radius 2 is 1.94 bits per heavy atom. The smallest absolute Gasteiger partial charge is 0.405 e. The summed E-state index contributed by atoms with van der Waals surface area (Å²) in [4.78, 5) is 13.6. The molecule has 0 radical (unpaired) electrons. The molecule has 1 heterocycles. The Hall–Kier alpha value is -0.770. The molecule has 2 atom stereocenters. The van der Waals surface area contributed by atoms with Crippen molar-refractivity contribution >= 4 is 6.09 Å². The monoisotopic (exact) mass is 254 g/mol. The fraction of sp³-hybridized carbons (Fsp3) is 0.929. The maximum atomic E-state index is 10.9. The molecule has 0 aromatic rings. The predicted molar refractivity (Wildman–Crippen MR) is 71.3 cm³/mol. The highest BCUT2D eigenvalue weighted by Gasteiger charge is 2.37. The van der Waals surface area contributed by atoms with Crippen LogP contribution in [-0.4, -0.2) is 35.7 Å². The van der Waals surface area contributed by atoms with Gasteiger partial charge in [-0.2, -0.15) is 0 Å². The van der Waals surface area contributed by atoms with Gasteiger partial charge in [-0.05, 0) is 65.0 Å². The van der Waals surface area contributed by atoms with Crippen LogP contribution >= 0.6 is 0 Å². The molecule has 2 fully saturated rings. The molecule has 2 rings (SSSR count). The summed E-state index contributed by atoms with van der Waals surface area (Å²) >= 11 is 0. The number of amides is 1. The molecular weight excluding hydrogens is 228 g/mol. The van der Waals surface area contributed by atoms with E-state index in [0.717, 1.165) is 6.42 Å². The predicted octanol–water partition coefficient (Wildman–Crippen LogP) is 2.51. The lowest BCUT2D eigenvalue weighted by Crippen LogP contribution is -2.40. The minimum Gasteiger partial charge on any atom is -0.444 e. The molecule has 4 heteroatoms. The van der Waals surface area contributed by atoms with Gasteiger partial charge in [0, 0.05) is 6.04 Å². The van der Waals surface area contributed by atoms with Crippen LogP contribution in [-0.2, 0) is 4.74 Å². The molecule has 1 amide bonds. The Morgan fingerprint density at radius 1 is 1.28 bits per heavy atom. The van der Waals surface area contributed by atoms with Gasteiger partial charge in [0.2, 0.25) is 0 Å². The zero-order valence-electron chi connectivity index (χ0n) is 11.7. The number of hydrogen-bond acceptors (Lipinski definition) is 3. The third-order valence-corrected chi connectivity index (χ3v) is 4.36. The summed E-state index contributed by atoms with van der Waals surface area (Å²) in [5.41, 5.74) is 4.71. The third-order valence-electron chi connectivity index (χ3n) is 4.36. The van der Waals surface area contributed by atoms with E-state index < -0.39 is 11.7 Å². The molecular formula is C14H26N2O2. The van der Waals surface area contributed by atoms with Crippen molar-refractivity contribution in [2.45, 2.75) is 64.0 Å². The van der Waals surface area contributed by atoms with E-state index in [0.29, 0.717) is 12.0 Å². The topological polar surface area (TPSA) is 55.6 Å². The molecule has 4 nitrogen and oxygen atoms in total. The number of carbonyl (C=O) groups excluding carboxylic acids is 1. The van der Waals surface area contributed by atoms with E-state index in [-0.39, 0.29) is 0 Å². The molecule has 0 spiro atoms. The van der Waals surface area contributed by atoms with Gasteiger partial charge in [0.05, 0.1) is 0 Å². The van der Waals surface area contributed by atoms with Crippen LogP contribution < -0.4 is 5.73 Å². The second-order valence-corrected chi connectivity index (χ2v) is 6.39. The Balaban J connectivity index is 1.92. The number of primary amides is 1.